The monoisotopic (exact) mass is 244 g/mol. The molecule has 6 nitrogen and oxygen atoms in total. The molecular weight excluding hydrogens is 231 g/mol. The second kappa shape index (κ2) is 6.13. The Morgan fingerprint density at radius 1 is 1.43 bits per heavy atom. The van der Waals surface area contributed by atoms with Crippen LogP contribution in [0.2, 0.25) is 0 Å². The number of nitrogens with two attached hydrogens (primary N) is 2. The van der Waals surface area contributed by atoms with E-state index in [2.05, 4.69) is 10.2 Å². The Balaban J connectivity index is 0. The van der Waals surface area contributed by atoms with Crippen LogP contribution in [0.5, 0.6) is 0 Å². The van der Waals surface area contributed by atoms with Crippen LogP contribution in [-0.4, -0.2) is 29.3 Å². The number of carboxylic acid groups (broad SMARTS) is 1. The lowest BCUT2D eigenvalue weighted by Gasteiger charge is -2.11. The number of rotatable bonds is 5. The van der Waals surface area contributed by atoms with E-state index in [4.69, 9.17) is 16.6 Å². The van der Waals surface area contributed by atoms with Gasteiger partial charge in [-0.15, -0.1) is 24.8 Å². The molecule has 1 rings (SSSR count). The van der Waals surface area contributed by atoms with Crippen molar-refractivity contribution in [3.05, 3.63) is 0 Å². The van der Waals surface area contributed by atoms with E-state index >= 15 is 0 Å². The number of aliphatic carboxylic acids is 1. The normalized spacial score (nSPS) is 17.6. The molecule has 84 valence electrons. The Labute approximate surface area is 93.9 Å². The minimum absolute atomic E-state index is 0. The maximum atomic E-state index is 10.4. The average Bonchev–Trinajstić information content (AvgIpc) is 2.69. The summed E-state index contributed by atoms with van der Waals surface area (Å²) in [5, 5.41) is 16.0. The molecule has 0 aromatic carbocycles. The van der Waals surface area contributed by atoms with Gasteiger partial charge in [0, 0.05) is 12.8 Å². The first-order valence-electron chi connectivity index (χ1n) is 3.72. The number of carbonyl (C=O) groups is 1. The van der Waals surface area contributed by atoms with E-state index in [-0.39, 0.29) is 31.2 Å². The van der Waals surface area contributed by atoms with E-state index < -0.39 is 17.7 Å². The van der Waals surface area contributed by atoms with Gasteiger partial charge in [0.05, 0.1) is 0 Å². The van der Waals surface area contributed by atoms with E-state index in [0.29, 0.717) is 13.0 Å². The minimum atomic E-state index is -1.02. The van der Waals surface area contributed by atoms with Crippen molar-refractivity contribution >= 4 is 30.8 Å². The summed E-state index contributed by atoms with van der Waals surface area (Å²) < 4.78 is 0. The van der Waals surface area contributed by atoms with Gasteiger partial charge in [-0.25, -0.2) is 0 Å². The highest BCUT2D eigenvalue weighted by atomic mass is 35.5. The van der Waals surface area contributed by atoms with E-state index in [0.717, 1.165) is 0 Å². The summed E-state index contributed by atoms with van der Waals surface area (Å²) in [5.74, 6) is -1.02. The van der Waals surface area contributed by atoms with Gasteiger partial charge in [0.1, 0.15) is 6.04 Å². The van der Waals surface area contributed by atoms with Crippen LogP contribution in [-0.2, 0) is 4.79 Å². The van der Waals surface area contributed by atoms with E-state index in [9.17, 15) is 4.79 Å². The van der Waals surface area contributed by atoms with Crippen LogP contribution in [0.1, 0.15) is 12.8 Å². The minimum Gasteiger partial charge on any atom is -0.480 e. The maximum absolute atomic E-state index is 10.4. The Kier molecular flexibility index (Phi) is 7.01. The maximum Gasteiger partial charge on any atom is 0.320 e. The molecule has 14 heavy (non-hydrogen) atoms. The summed E-state index contributed by atoms with van der Waals surface area (Å²) in [7, 11) is 0. The van der Waals surface area contributed by atoms with Gasteiger partial charge in [-0.05, 0) is 6.54 Å². The van der Waals surface area contributed by atoms with Crippen LogP contribution in [0.3, 0.4) is 0 Å². The second-order valence-electron chi connectivity index (χ2n) is 2.87. The molecule has 0 aliphatic carbocycles. The summed E-state index contributed by atoms with van der Waals surface area (Å²) >= 11 is 0. The standard InChI is InChI=1S/C6H12N4O2.2ClH/c7-2-1-6(9-10-6)3-4(8)5(11)12;;/h4H,1-3,7-8H2,(H,11,12);2*1H. The molecule has 0 bridgehead atoms. The van der Waals surface area contributed by atoms with Crippen molar-refractivity contribution in [3.8, 4) is 0 Å². The fourth-order valence-corrected chi connectivity index (χ4v) is 1.03. The smallest absolute Gasteiger partial charge is 0.320 e. The van der Waals surface area contributed by atoms with Crippen molar-refractivity contribution in [2.45, 2.75) is 24.5 Å². The number of nitrogens with zero attached hydrogens (tertiary/aromatic N) is 2. The van der Waals surface area contributed by atoms with Gasteiger partial charge >= 0.3 is 5.97 Å². The molecule has 0 saturated heterocycles. The van der Waals surface area contributed by atoms with Gasteiger partial charge < -0.3 is 16.6 Å². The van der Waals surface area contributed by atoms with Crippen LogP contribution in [0.15, 0.2) is 10.2 Å². The van der Waals surface area contributed by atoms with Crippen LogP contribution in [0.25, 0.3) is 0 Å². The first-order chi connectivity index (χ1) is 5.59. The molecule has 0 aromatic rings. The highest BCUT2D eigenvalue weighted by Gasteiger charge is 2.41. The first-order valence-corrected chi connectivity index (χ1v) is 3.72. The number of hydrogen-bond acceptors (Lipinski definition) is 5. The third-order valence-electron chi connectivity index (χ3n) is 1.79. The molecule has 8 heteroatoms. The van der Waals surface area contributed by atoms with Crippen LogP contribution in [0, 0.1) is 0 Å². The van der Waals surface area contributed by atoms with Crippen molar-refractivity contribution in [1.82, 2.24) is 0 Å². The average molecular weight is 245 g/mol. The Morgan fingerprint density at radius 3 is 2.21 bits per heavy atom. The van der Waals surface area contributed by atoms with Gasteiger partial charge in [0.2, 0.25) is 0 Å². The molecule has 1 unspecified atom stereocenters. The molecule has 0 saturated carbocycles. The summed E-state index contributed by atoms with van der Waals surface area (Å²) in [6.45, 7) is 0.444. The van der Waals surface area contributed by atoms with Gasteiger partial charge in [0.25, 0.3) is 0 Å². The van der Waals surface area contributed by atoms with Crippen molar-refractivity contribution in [3.63, 3.8) is 0 Å². The van der Waals surface area contributed by atoms with Crippen LogP contribution >= 0.6 is 24.8 Å². The van der Waals surface area contributed by atoms with Crippen molar-refractivity contribution in [2.75, 3.05) is 6.54 Å². The van der Waals surface area contributed by atoms with E-state index in [1.54, 1.807) is 0 Å². The Morgan fingerprint density at radius 2 is 1.93 bits per heavy atom. The van der Waals surface area contributed by atoms with Crippen LogP contribution < -0.4 is 11.5 Å². The topological polar surface area (TPSA) is 114 Å². The van der Waals surface area contributed by atoms with Gasteiger partial charge in [0.15, 0.2) is 5.66 Å². The van der Waals surface area contributed by atoms with E-state index in [1.807, 2.05) is 0 Å². The fraction of sp³-hybridized carbons (Fsp3) is 0.833. The summed E-state index contributed by atoms with van der Waals surface area (Å²) in [5.41, 5.74) is 10.0. The molecule has 0 fully saturated rings. The van der Waals surface area contributed by atoms with Crippen molar-refractivity contribution in [2.24, 2.45) is 21.7 Å². The number of hydrogen-bond donors (Lipinski definition) is 3. The zero-order valence-electron chi connectivity index (χ0n) is 7.42. The molecule has 0 aromatic heterocycles. The Hall–Kier alpha value is -0.430. The third-order valence-corrected chi connectivity index (χ3v) is 1.79. The molecular formula is C6H14Cl2N4O2. The molecule has 1 atom stereocenters. The lowest BCUT2D eigenvalue weighted by molar-refractivity contribution is -0.138. The number of halogens is 2. The zero-order valence-corrected chi connectivity index (χ0v) is 9.05. The predicted octanol–water partition coefficient (Wildman–Crippen LogP) is 0.143. The van der Waals surface area contributed by atoms with Crippen molar-refractivity contribution < 1.29 is 9.90 Å². The SMILES string of the molecule is Cl.Cl.NCCC1(CC(N)C(=O)O)N=N1. The fourth-order valence-electron chi connectivity index (χ4n) is 1.03. The molecule has 1 aliphatic rings. The highest BCUT2D eigenvalue weighted by Crippen LogP contribution is 2.35. The largest absolute Gasteiger partial charge is 0.480 e. The second-order valence-corrected chi connectivity index (χ2v) is 2.87. The summed E-state index contributed by atoms with van der Waals surface area (Å²) in [4.78, 5) is 10.4. The van der Waals surface area contributed by atoms with Crippen molar-refractivity contribution in [1.29, 1.82) is 0 Å². The third kappa shape index (κ3) is 4.19. The van der Waals surface area contributed by atoms with Crippen LogP contribution in [0.4, 0.5) is 0 Å². The zero-order chi connectivity index (χ0) is 9.19. The predicted molar refractivity (Wildman–Crippen MR) is 56.0 cm³/mol. The summed E-state index contributed by atoms with van der Waals surface area (Å²) in [6, 6.07) is -0.897. The Bertz CT molecular complexity index is 218. The van der Waals surface area contributed by atoms with Gasteiger partial charge in [-0.2, -0.15) is 10.2 Å². The first kappa shape index (κ1) is 16.0. The molecule has 5 N–H and O–H groups in total. The quantitative estimate of drug-likeness (QED) is 0.639. The van der Waals surface area contributed by atoms with Gasteiger partial charge in [-0.3, -0.25) is 4.79 Å². The lowest BCUT2D eigenvalue weighted by Crippen LogP contribution is -2.36. The molecule has 1 aliphatic heterocycles. The van der Waals surface area contributed by atoms with Gasteiger partial charge in [-0.1, -0.05) is 0 Å². The molecule has 0 radical (unpaired) electrons. The molecule has 0 spiro atoms. The molecule has 1 heterocycles. The summed E-state index contributed by atoms with van der Waals surface area (Å²) in [6.07, 6.45) is 0.827. The molecule has 0 amide bonds. The van der Waals surface area contributed by atoms with E-state index in [1.165, 1.54) is 0 Å². The number of carboxylic acids is 1. The lowest BCUT2D eigenvalue weighted by atomic mass is 10.0. The highest BCUT2D eigenvalue weighted by molar-refractivity contribution is 5.85.